The minimum Gasteiger partial charge on any atom is -0.378 e. The van der Waals surface area contributed by atoms with E-state index < -0.39 is 0 Å². The number of nitrogens with zero attached hydrogens (tertiary/aromatic N) is 2. The lowest BCUT2D eigenvalue weighted by molar-refractivity contribution is -0.806. The molecule has 0 spiro atoms. The molecule has 1 fully saturated rings. The summed E-state index contributed by atoms with van der Waals surface area (Å²) in [6.45, 7) is 10.2. The van der Waals surface area contributed by atoms with Crippen molar-refractivity contribution in [2.75, 3.05) is 33.2 Å². The third-order valence-corrected chi connectivity index (χ3v) is 6.03. The molecule has 84 valence electrons. The molecule has 0 amide bonds. The van der Waals surface area contributed by atoms with E-state index in [0.29, 0.717) is 0 Å². The molecule has 0 radical (unpaired) electrons. The molecular formula is C11H27N2Si+. The van der Waals surface area contributed by atoms with E-state index in [1.165, 1.54) is 56.0 Å². The topological polar surface area (TPSA) is 3.24 Å². The Balaban J connectivity index is 2.25. The average Bonchev–Trinajstić information content (AvgIpc) is 2.19. The first-order valence-corrected chi connectivity index (χ1v) is 7.52. The maximum absolute atomic E-state index is 2.79. The van der Waals surface area contributed by atoms with Gasteiger partial charge in [-0.1, -0.05) is 19.8 Å². The van der Waals surface area contributed by atoms with Gasteiger partial charge in [0.1, 0.15) is 0 Å². The predicted octanol–water partition coefficient (Wildman–Crippen LogP) is 1.35. The zero-order valence-electron chi connectivity index (χ0n) is 10.3. The Morgan fingerprint density at radius 2 is 2.07 bits per heavy atom. The second-order valence-electron chi connectivity index (χ2n) is 4.98. The van der Waals surface area contributed by atoms with E-state index in [1.807, 2.05) is 0 Å². The van der Waals surface area contributed by atoms with Crippen LogP contribution < -0.4 is 0 Å². The Morgan fingerprint density at radius 3 is 2.71 bits per heavy atom. The normalized spacial score (nSPS) is 31.1. The summed E-state index contributed by atoms with van der Waals surface area (Å²) < 4.78 is 4.19. The summed E-state index contributed by atoms with van der Waals surface area (Å²) >= 11 is 0. The van der Waals surface area contributed by atoms with Gasteiger partial charge in [0, 0.05) is 13.0 Å². The van der Waals surface area contributed by atoms with Gasteiger partial charge in [-0.05, 0) is 19.9 Å². The molecule has 2 nitrogen and oxygen atoms in total. The number of rotatable bonds is 5. The summed E-state index contributed by atoms with van der Waals surface area (Å²) in [5.74, 6) is 0. The van der Waals surface area contributed by atoms with Crippen LogP contribution in [0.4, 0.5) is 0 Å². The van der Waals surface area contributed by atoms with Crippen LogP contribution in [0.5, 0.6) is 0 Å². The Kier molecular flexibility index (Phi) is 5.13. The number of unbranched alkanes of at least 4 members (excludes halogenated alkanes) is 2. The second kappa shape index (κ2) is 5.88. The number of hydrogen-bond donors (Lipinski definition) is 0. The van der Waals surface area contributed by atoms with Crippen LogP contribution in [0.2, 0.25) is 0 Å². The lowest BCUT2D eigenvalue weighted by atomic mass is 10.2. The van der Waals surface area contributed by atoms with E-state index in [-0.39, 0.29) is 9.84 Å². The van der Waals surface area contributed by atoms with E-state index in [2.05, 4.69) is 25.5 Å². The van der Waals surface area contributed by atoms with Gasteiger partial charge >= 0.3 is 9.84 Å². The third kappa shape index (κ3) is 3.71. The molecule has 0 N–H and O–H groups in total. The van der Waals surface area contributed by atoms with Gasteiger partial charge in [-0.3, -0.25) is 4.57 Å². The highest BCUT2D eigenvalue weighted by Gasteiger charge is 2.28. The first-order valence-electron chi connectivity index (χ1n) is 6.26. The van der Waals surface area contributed by atoms with Crippen molar-refractivity contribution in [1.29, 1.82) is 0 Å². The summed E-state index contributed by atoms with van der Waals surface area (Å²) in [5, 5.41) is 0. The van der Waals surface area contributed by atoms with Crippen molar-refractivity contribution in [2.24, 2.45) is 0 Å². The molecule has 1 saturated heterocycles. The monoisotopic (exact) mass is 215 g/mol. The summed E-state index contributed by atoms with van der Waals surface area (Å²) in [6.07, 6.45) is 5.62. The fraction of sp³-hybridized carbons (Fsp3) is 1.00. The zero-order valence-corrected chi connectivity index (χ0v) is 11.7. The first-order chi connectivity index (χ1) is 6.70. The van der Waals surface area contributed by atoms with Crippen LogP contribution in [-0.4, -0.2) is 51.8 Å². The van der Waals surface area contributed by atoms with Crippen molar-refractivity contribution < 1.29 is 4.15 Å². The molecule has 14 heavy (non-hydrogen) atoms. The van der Waals surface area contributed by atoms with Crippen molar-refractivity contribution >= 4 is 9.84 Å². The maximum Gasteiger partial charge on any atom is 0.337 e. The standard InChI is InChI=1S/C11H27N2Si/c1-4-6-7-9-12-10-8-11-13(3,5-2)14-12/h4-11,14H2,1-3H3/q+1. The number of hydrogen-bond acceptors (Lipinski definition) is 1. The van der Waals surface area contributed by atoms with Gasteiger partial charge in [0.15, 0.2) is 0 Å². The molecule has 3 heteroatoms. The van der Waals surface area contributed by atoms with Crippen LogP contribution in [0.1, 0.15) is 39.5 Å². The number of quaternary nitrogens is 1. The molecule has 0 aromatic carbocycles. The van der Waals surface area contributed by atoms with E-state index in [4.69, 9.17) is 0 Å². The van der Waals surface area contributed by atoms with Gasteiger partial charge in [-0.25, -0.2) is 0 Å². The van der Waals surface area contributed by atoms with Crippen LogP contribution in [0.3, 0.4) is 0 Å². The lowest BCUT2D eigenvalue weighted by Crippen LogP contribution is -2.59. The third-order valence-electron chi connectivity index (χ3n) is 3.56. The molecular weight excluding hydrogens is 188 g/mol. The molecule has 1 heterocycles. The van der Waals surface area contributed by atoms with E-state index in [0.717, 1.165) is 0 Å². The summed E-state index contributed by atoms with van der Waals surface area (Å²) in [4.78, 5) is 0. The summed E-state index contributed by atoms with van der Waals surface area (Å²) in [6, 6.07) is 0. The lowest BCUT2D eigenvalue weighted by Gasteiger charge is -2.42. The van der Waals surface area contributed by atoms with E-state index in [9.17, 15) is 0 Å². The highest BCUT2D eigenvalue weighted by Crippen LogP contribution is 2.11. The Morgan fingerprint density at radius 1 is 1.29 bits per heavy atom. The molecule has 1 aliphatic heterocycles. The quantitative estimate of drug-likeness (QED) is 0.494. The molecule has 1 atom stereocenters. The van der Waals surface area contributed by atoms with Gasteiger partial charge in [0.25, 0.3) is 0 Å². The molecule has 0 aromatic rings. The van der Waals surface area contributed by atoms with Crippen molar-refractivity contribution in [3.63, 3.8) is 0 Å². The molecule has 0 aliphatic carbocycles. The highest BCUT2D eigenvalue weighted by atomic mass is 28.2. The van der Waals surface area contributed by atoms with Crippen molar-refractivity contribution in [2.45, 2.75) is 39.5 Å². The SMILES string of the molecule is CCCCCN1CCC[N+](C)(CC)[SiH2]1. The predicted molar refractivity (Wildman–Crippen MR) is 65.9 cm³/mol. The average molecular weight is 215 g/mol. The van der Waals surface area contributed by atoms with Crippen LogP contribution in [0.25, 0.3) is 0 Å². The minimum absolute atomic E-state index is 0.0171. The van der Waals surface area contributed by atoms with Crippen molar-refractivity contribution in [1.82, 2.24) is 4.57 Å². The second-order valence-corrected chi connectivity index (χ2v) is 7.68. The highest BCUT2D eigenvalue weighted by molar-refractivity contribution is 6.22. The zero-order chi connectivity index (χ0) is 10.4. The van der Waals surface area contributed by atoms with Crippen LogP contribution in [0, 0.1) is 0 Å². The molecule has 1 rings (SSSR count). The van der Waals surface area contributed by atoms with Gasteiger partial charge in [-0.15, -0.1) is 0 Å². The van der Waals surface area contributed by atoms with E-state index in [1.54, 1.807) is 0 Å². The largest absolute Gasteiger partial charge is 0.378 e. The smallest absolute Gasteiger partial charge is 0.337 e. The fourth-order valence-electron chi connectivity index (χ4n) is 2.33. The fourth-order valence-corrected chi connectivity index (χ4v) is 4.59. The minimum atomic E-state index is -0.0171. The molecule has 1 unspecified atom stereocenters. The van der Waals surface area contributed by atoms with Gasteiger partial charge in [0.2, 0.25) is 0 Å². The van der Waals surface area contributed by atoms with Gasteiger partial charge < -0.3 is 4.15 Å². The molecule has 0 bridgehead atoms. The van der Waals surface area contributed by atoms with Crippen LogP contribution >= 0.6 is 0 Å². The van der Waals surface area contributed by atoms with Crippen molar-refractivity contribution in [3.8, 4) is 0 Å². The van der Waals surface area contributed by atoms with Crippen LogP contribution in [-0.2, 0) is 0 Å². The molecule has 1 aliphatic rings. The van der Waals surface area contributed by atoms with Crippen LogP contribution in [0.15, 0.2) is 0 Å². The Hall–Kier alpha value is 0.137. The Bertz CT molecular complexity index is 163. The van der Waals surface area contributed by atoms with Gasteiger partial charge in [0.05, 0.1) is 20.1 Å². The summed E-state index contributed by atoms with van der Waals surface area (Å²) in [5.41, 5.74) is 0. The maximum atomic E-state index is 2.79. The van der Waals surface area contributed by atoms with E-state index >= 15 is 0 Å². The first kappa shape index (κ1) is 12.2. The van der Waals surface area contributed by atoms with Gasteiger partial charge in [-0.2, -0.15) is 0 Å². The van der Waals surface area contributed by atoms with Crippen molar-refractivity contribution in [3.05, 3.63) is 0 Å². The molecule has 0 saturated carbocycles. The Labute approximate surface area is 91.8 Å². The molecule has 0 aromatic heterocycles. The summed E-state index contributed by atoms with van der Waals surface area (Å²) in [7, 11) is 2.44.